The van der Waals surface area contributed by atoms with Crippen molar-refractivity contribution in [3.05, 3.63) is 165 Å². The highest BCUT2D eigenvalue weighted by molar-refractivity contribution is 5.93. The number of rotatable bonds is 7. The van der Waals surface area contributed by atoms with E-state index in [-0.39, 0.29) is 40.8 Å². The van der Waals surface area contributed by atoms with Crippen LogP contribution in [-0.2, 0) is 16.2 Å². The summed E-state index contributed by atoms with van der Waals surface area (Å²) in [5.74, 6) is 18.3. The monoisotopic (exact) mass is 1000 g/mol. The minimum Gasteiger partial charge on any atom is -0.457 e. The lowest BCUT2D eigenvalue weighted by molar-refractivity contribution is -0.115. The van der Waals surface area contributed by atoms with Gasteiger partial charge in [-0.3, -0.25) is 9.59 Å². The van der Waals surface area contributed by atoms with Crippen LogP contribution in [0.25, 0.3) is 0 Å². The molecule has 8 aliphatic carbocycles. The average molecular weight is 1000 g/mol. The second-order valence-corrected chi connectivity index (χ2v) is 23.5. The Balaban J connectivity index is 0.000000161. The fourth-order valence-electron chi connectivity index (χ4n) is 15.9. The molecule has 386 valence electrons. The van der Waals surface area contributed by atoms with E-state index < -0.39 is 11.2 Å². The largest absolute Gasteiger partial charge is 0.457 e. The van der Waals surface area contributed by atoms with Gasteiger partial charge in [0.1, 0.15) is 34.2 Å². The molecule has 0 spiro atoms. The van der Waals surface area contributed by atoms with E-state index in [2.05, 4.69) is 86.9 Å². The van der Waals surface area contributed by atoms with Crippen LogP contribution in [-0.4, -0.2) is 38.1 Å². The molecule has 0 unspecified atom stereocenters. The first kappa shape index (κ1) is 50.9. The predicted octanol–water partition coefficient (Wildman–Crippen LogP) is 14.1. The lowest BCUT2D eigenvalue weighted by atomic mass is 9.51. The van der Waals surface area contributed by atoms with Crippen LogP contribution >= 0.6 is 0 Å². The van der Waals surface area contributed by atoms with Crippen LogP contribution in [0.1, 0.15) is 152 Å². The number of carbonyl (C=O) groups excluding carboxylic acids is 2. The smallest absolute Gasteiger partial charge is 0.156 e. The Labute approximate surface area is 444 Å². The van der Waals surface area contributed by atoms with Crippen LogP contribution in [0.5, 0.6) is 23.0 Å². The summed E-state index contributed by atoms with van der Waals surface area (Å²) in [5.41, 5.74) is 10.4. The molecular weight excluding hydrogens is 929 g/mol. The predicted molar refractivity (Wildman–Crippen MR) is 294 cm³/mol. The maximum absolute atomic E-state index is 12.3. The number of allylic oxidation sites excluding steroid dienone is 8. The van der Waals surface area contributed by atoms with Gasteiger partial charge in [-0.1, -0.05) is 85.4 Å². The number of ketones is 2. The number of hydrogen-bond donors (Lipinski definition) is 3. The standard InChI is InChI=1S/C34H36O4.C34H36O3/c1-3-17-34(37)18-16-31-29-14-8-24-19-25(36)9-15-28(24)32(29)30(20-33(31,34)2)23-6-12-27(13-7-23)38-26-10-4-22(21-35)5-11-26;1-4-17-34(36)18-16-31-29-14-10-24-20-25(35)11-15-28(24)32(29)30(21-33(31,34)3)23-8-12-26(13-9-23)37-27-7-5-6-22(2)19-27/h4-7,10-13,19,29-31,35,37H,8-9,14-16,18,20-21H2,1-2H3;5-9,12-13,19-20,29-31,36H,10-11,14-16,18,21H2,1-3H3/t2*29-,30+,31-,33-,34-/m00/s1. The minimum absolute atomic E-state index is 0.0129. The van der Waals surface area contributed by atoms with Gasteiger partial charge in [0.2, 0.25) is 0 Å². The minimum atomic E-state index is -0.969. The molecule has 4 saturated carbocycles. The van der Waals surface area contributed by atoms with Crippen molar-refractivity contribution in [2.45, 2.75) is 154 Å². The van der Waals surface area contributed by atoms with Crippen LogP contribution in [0.15, 0.2) is 143 Å². The van der Waals surface area contributed by atoms with E-state index in [4.69, 9.17) is 9.47 Å². The second kappa shape index (κ2) is 20.1. The highest BCUT2D eigenvalue weighted by Crippen LogP contribution is 2.68. The summed E-state index contributed by atoms with van der Waals surface area (Å²) in [7, 11) is 0. The Morgan fingerprint density at radius 2 is 1.00 bits per heavy atom. The molecule has 0 radical (unpaired) electrons. The summed E-state index contributed by atoms with van der Waals surface area (Å²) in [6.07, 6.45) is 15.9. The van der Waals surface area contributed by atoms with Gasteiger partial charge in [-0.15, -0.1) is 11.8 Å². The van der Waals surface area contributed by atoms with Crippen molar-refractivity contribution in [1.29, 1.82) is 0 Å². The third-order valence-corrected chi connectivity index (χ3v) is 19.6. The number of fused-ring (bicyclic) bond motifs is 8. The highest BCUT2D eigenvalue weighted by atomic mass is 16.5. The van der Waals surface area contributed by atoms with Crippen molar-refractivity contribution in [2.75, 3.05) is 0 Å². The molecule has 0 heterocycles. The molecule has 75 heavy (non-hydrogen) atoms. The maximum Gasteiger partial charge on any atom is 0.156 e. The fraction of sp³-hybridized carbons (Fsp3) is 0.441. The van der Waals surface area contributed by atoms with Crippen molar-refractivity contribution >= 4 is 11.6 Å². The molecule has 0 aliphatic heterocycles. The van der Waals surface area contributed by atoms with Gasteiger partial charge in [0.25, 0.3) is 0 Å². The first-order chi connectivity index (χ1) is 36.2. The molecule has 4 aromatic rings. The van der Waals surface area contributed by atoms with E-state index in [1.54, 1.807) is 0 Å². The van der Waals surface area contributed by atoms with Gasteiger partial charge < -0.3 is 24.8 Å². The van der Waals surface area contributed by atoms with Crippen molar-refractivity contribution in [2.24, 2.45) is 34.5 Å². The quantitative estimate of drug-likeness (QED) is 0.158. The summed E-state index contributed by atoms with van der Waals surface area (Å²) >= 11 is 0. The Bertz CT molecular complexity index is 3170. The molecule has 0 amide bonds. The average Bonchev–Trinajstić information content (AvgIpc) is 3.87. The van der Waals surface area contributed by atoms with Crippen molar-refractivity contribution in [3.8, 4) is 46.7 Å². The van der Waals surface area contributed by atoms with E-state index in [9.17, 15) is 24.9 Å². The van der Waals surface area contributed by atoms with E-state index in [1.807, 2.05) is 80.6 Å². The van der Waals surface area contributed by atoms with Crippen LogP contribution in [0.4, 0.5) is 0 Å². The van der Waals surface area contributed by atoms with Gasteiger partial charge in [0, 0.05) is 35.5 Å². The molecule has 7 nitrogen and oxygen atoms in total. The lowest BCUT2D eigenvalue weighted by Crippen LogP contribution is -2.51. The highest BCUT2D eigenvalue weighted by Gasteiger charge is 2.64. The Hall–Kier alpha value is -6.22. The molecule has 7 heteroatoms. The lowest BCUT2D eigenvalue weighted by Gasteiger charge is -2.53. The molecule has 4 fully saturated rings. The van der Waals surface area contributed by atoms with E-state index in [1.165, 1.54) is 50.1 Å². The van der Waals surface area contributed by atoms with Crippen LogP contribution in [0.3, 0.4) is 0 Å². The second-order valence-electron chi connectivity index (χ2n) is 23.5. The van der Waals surface area contributed by atoms with Gasteiger partial charge in [-0.25, -0.2) is 0 Å². The molecule has 0 aromatic heterocycles. The Morgan fingerprint density at radius 3 is 1.43 bits per heavy atom. The van der Waals surface area contributed by atoms with Gasteiger partial charge in [0.15, 0.2) is 11.6 Å². The maximum atomic E-state index is 12.3. The first-order valence-electron chi connectivity index (χ1n) is 27.7. The zero-order valence-corrected chi connectivity index (χ0v) is 44.4. The molecule has 4 aromatic carbocycles. The van der Waals surface area contributed by atoms with Gasteiger partial charge in [0.05, 0.1) is 6.61 Å². The number of benzene rings is 4. The number of ether oxygens (including phenoxy) is 2. The zero-order chi connectivity index (χ0) is 52.3. The molecule has 0 saturated heterocycles. The topological polar surface area (TPSA) is 113 Å². The number of aliphatic hydroxyl groups is 3. The van der Waals surface area contributed by atoms with Crippen LogP contribution in [0.2, 0.25) is 0 Å². The number of aryl methyl sites for hydroxylation is 1. The van der Waals surface area contributed by atoms with E-state index >= 15 is 0 Å². The van der Waals surface area contributed by atoms with Gasteiger partial charge >= 0.3 is 0 Å². The zero-order valence-electron chi connectivity index (χ0n) is 44.4. The Morgan fingerprint density at radius 1 is 0.560 bits per heavy atom. The van der Waals surface area contributed by atoms with Crippen molar-refractivity contribution in [3.63, 3.8) is 0 Å². The third-order valence-electron chi connectivity index (χ3n) is 19.6. The molecule has 10 atom stereocenters. The van der Waals surface area contributed by atoms with E-state index in [0.717, 1.165) is 106 Å². The van der Waals surface area contributed by atoms with Crippen LogP contribution in [0, 0.1) is 65.1 Å². The first-order valence-corrected chi connectivity index (χ1v) is 27.7. The number of carbonyl (C=O) groups is 2. The fourth-order valence-corrected chi connectivity index (χ4v) is 15.9. The van der Waals surface area contributed by atoms with Gasteiger partial charge in [-0.2, -0.15) is 0 Å². The van der Waals surface area contributed by atoms with Gasteiger partial charge in [-0.05, 0) is 227 Å². The third kappa shape index (κ3) is 9.07. The summed E-state index contributed by atoms with van der Waals surface area (Å²) < 4.78 is 12.2. The normalized spacial score (nSPS) is 32.2. The summed E-state index contributed by atoms with van der Waals surface area (Å²) in [6, 6.07) is 32.5. The molecule has 8 aliphatic rings. The van der Waals surface area contributed by atoms with Crippen LogP contribution < -0.4 is 9.47 Å². The number of aliphatic hydroxyl groups excluding tert-OH is 1. The summed E-state index contributed by atoms with van der Waals surface area (Å²) in [4.78, 5) is 24.5. The Kier molecular flexibility index (Phi) is 13.6. The van der Waals surface area contributed by atoms with Crippen molar-refractivity contribution < 1.29 is 34.4 Å². The SMILES string of the molecule is CC#C[C@]1(O)CC[C@H]2[C@@H]3CCC4=CC(=O)CCC4=C3[C@@H](c3ccc(Oc4ccc(CO)cc4)cc3)C[C@@]21C.CC#C[C@]1(O)CC[C@H]2[C@@H]3CCC4=CC(=O)CCC4=C3[C@@H](c3ccc(Oc4cccc(C)c4)cc3)C[C@@]21C. The van der Waals surface area contributed by atoms with Crippen molar-refractivity contribution in [1.82, 2.24) is 0 Å². The summed E-state index contributed by atoms with van der Waals surface area (Å²) in [5, 5.41) is 33.0. The molecular formula is C68H72O7. The molecule has 0 bridgehead atoms. The number of hydrogen-bond acceptors (Lipinski definition) is 7. The molecule has 12 rings (SSSR count). The van der Waals surface area contributed by atoms with E-state index in [0.29, 0.717) is 36.5 Å². The summed E-state index contributed by atoms with van der Waals surface area (Å²) in [6.45, 7) is 10.3. The molecule has 3 N–H and O–H groups in total.